The van der Waals surface area contributed by atoms with Crippen LogP contribution in [0.5, 0.6) is 0 Å². The molecule has 0 aromatic heterocycles. The Morgan fingerprint density at radius 3 is 2.56 bits per heavy atom. The van der Waals surface area contributed by atoms with Crippen LogP contribution in [0.25, 0.3) is 0 Å². The summed E-state index contributed by atoms with van der Waals surface area (Å²) < 4.78 is 31.7. The highest BCUT2D eigenvalue weighted by molar-refractivity contribution is 7.89. The molecular formula is C17H24N2O5S. The fourth-order valence-electron chi connectivity index (χ4n) is 2.72. The summed E-state index contributed by atoms with van der Waals surface area (Å²) in [6.45, 7) is 3.04. The van der Waals surface area contributed by atoms with Crippen molar-refractivity contribution in [2.24, 2.45) is 0 Å². The van der Waals surface area contributed by atoms with Crippen LogP contribution in [0, 0.1) is 0 Å². The van der Waals surface area contributed by atoms with Crippen molar-refractivity contribution < 1.29 is 22.7 Å². The third-order valence-electron chi connectivity index (χ3n) is 3.83. The average Bonchev–Trinajstić information content (AvgIpc) is 3.04. The lowest BCUT2D eigenvalue weighted by molar-refractivity contribution is -0.124. The summed E-state index contributed by atoms with van der Waals surface area (Å²) in [6, 6.07) is 5.44. The maximum Gasteiger partial charge on any atom is 0.338 e. The molecule has 7 nitrogen and oxygen atoms in total. The van der Waals surface area contributed by atoms with Crippen molar-refractivity contribution >= 4 is 21.9 Å². The summed E-state index contributed by atoms with van der Waals surface area (Å²) in [6.07, 6.45) is 4.08. The van der Waals surface area contributed by atoms with E-state index in [9.17, 15) is 18.0 Å². The molecule has 2 N–H and O–H groups in total. The van der Waals surface area contributed by atoms with Gasteiger partial charge in [0.2, 0.25) is 10.0 Å². The average molecular weight is 368 g/mol. The number of benzene rings is 1. The number of rotatable bonds is 7. The van der Waals surface area contributed by atoms with E-state index in [4.69, 9.17) is 4.74 Å². The van der Waals surface area contributed by atoms with Crippen molar-refractivity contribution in [3.8, 4) is 0 Å². The van der Waals surface area contributed by atoms with Crippen LogP contribution < -0.4 is 10.0 Å². The van der Waals surface area contributed by atoms with Crippen molar-refractivity contribution in [2.75, 3.05) is 6.61 Å². The molecule has 8 heteroatoms. The molecule has 1 fully saturated rings. The molecule has 0 radical (unpaired) electrons. The number of ether oxygens (including phenoxy) is 1. The van der Waals surface area contributed by atoms with Gasteiger partial charge in [-0.1, -0.05) is 18.9 Å². The first-order chi connectivity index (χ1) is 11.8. The Hall–Kier alpha value is -1.93. The van der Waals surface area contributed by atoms with E-state index in [0.717, 1.165) is 25.7 Å². The molecule has 0 atom stereocenters. The van der Waals surface area contributed by atoms with Gasteiger partial charge >= 0.3 is 5.97 Å². The summed E-state index contributed by atoms with van der Waals surface area (Å²) in [5.41, 5.74) is 0.0836. The van der Waals surface area contributed by atoms with Crippen molar-refractivity contribution in [1.82, 2.24) is 10.0 Å². The number of hydrogen-bond acceptors (Lipinski definition) is 5. The van der Waals surface area contributed by atoms with Crippen LogP contribution in [-0.4, -0.2) is 39.0 Å². The number of esters is 1. The molecule has 0 unspecified atom stereocenters. The van der Waals surface area contributed by atoms with E-state index in [0.29, 0.717) is 0 Å². The van der Waals surface area contributed by atoms with Crippen molar-refractivity contribution in [3.05, 3.63) is 29.8 Å². The zero-order chi connectivity index (χ0) is 18.4. The summed E-state index contributed by atoms with van der Waals surface area (Å²) in [5.74, 6) is -1.08. The number of carbonyl (C=O) groups is 2. The molecule has 1 saturated carbocycles. The van der Waals surface area contributed by atoms with Crippen LogP contribution in [0.15, 0.2) is 29.2 Å². The Balaban J connectivity index is 1.95. The van der Waals surface area contributed by atoms with E-state index in [1.807, 2.05) is 0 Å². The second-order valence-corrected chi connectivity index (χ2v) is 8.14. The number of nitrogens with one attached hydrogen (secondary N) is 2. The number of hydrogen-bond donors (Lipinski definition) is 2. The minimum absolute atomic E-state index is 0.0222. The molecule has 1 aliphatic rings. The topological polar surface area (TPSA) is 102 Å². The molecule has 25 heavy (non-hydrogen) atoms. The van der Waals surface area contributed by atoms with Crippen LogP contribution in [0.4, 0.5) is 0 Å². The molecule has 0 aliphatic heterocycles. The molecule has 138 valence electrons. The van der Waals surface area contributed by atoms with Gasteiger partial charge in [0.1, 0.15) is 0 Å². The van der Waals surface area contributed by atoms with Gasteiger partial charge in [-0.3, -0.25) is 4.79 Å². The summed E-state index contributed by atoms with van der Waals surface area (Å²) in [5, 5.41) is 2.82. The maximum atomic E-state index is 12.1. The Kier molecular flexibility index (Phi) is 6.55. The molecule has 1 aromatic rings. The van der Waals surface area contributed by atoms with E-state index in [2.05, 4.69) is 10.0 Å². The first-order valence-corrected chi connectivity index (χ1v) is 9.85. The fourth-order valence-corrected chi connectivity index (χ4v) is 4.02. The Morgan fingerprint density at radius 2 is 1.92 bits per heavy atom. The molecule has 0 saturated heterocycles. The van der Waals surface area contributed by atoms with Gasteiger partial charge in [-0.15, -0.1) is 0 Å². The minimum atomic E-state index is -3.70. The molecule has 1 aliphatic carbocycles. The van der Waals surface area contributed by atoms with Crippen molar-refractivity contribution in [3.63, 3.8) is 0 Å². The normalized spacial score (nSPS) is 15.3. The van der Waals surface area contributed by atoms with Crippen LogP contribution in [0.3, 0.4) is 0 Å². The highest BCUT2D eigenvalue weighted by Crippen LogP contribution is 2.17. The van der Waals surface area contributed by atoms with Gasteiger partial charge in [-0.2, -0.15) is 0 Å². The van der Waals surface area contributed by atoms with E-state index in [1.54, 1.807) is 13.8 Å². The molecule has 1 aromatic carbocycles. The van der Waals surface area contributed by atoms with Gasteiger partial charge < -0.3 is 10.1 Å². The van der Waals surface area contributed by atoms with Gasteiger partial charge in [-0.25, -0.2) is 17.9 Å². The second-order valence-electron chi connectivity index (χ2n) is 6.43. The Morgan fingerprint density at radius 1 is 1.24 bits per heavy atom. The van der Waals surface area contributed by atoms with Crippen LogP contribution in [-0.2, 0) is 19.6 Å². The highest BCUT2D eigenvalue weighted by atomic mass is 32.2. The lowest BCUT2D eigenvalue weighted by Crippen LogP contribution is -2.35. The van der Waals surface area contributed by atoms with E-state index in [-0.39, 0.29) is 35.1 Å². The van der Waals surface area contributed by atoms with Gasteiger partial charge in [0, 0.05) is 12.1 Å². The number of carbonyl (C=O) groups excluding carboxylic acids is 2. The molecule has 2 rings (SSSR count). The number of amides is 1. The van der Waals surface area contributed by atoms with Crippen molar-refractivity contribution in [2.45, 2.75) is 56.5 Å². The first-order valence-electron chi connectivity index (χ1n) is 8.37. The molecular weight excluding hydrogens is 344 g/mol. The standard InChI is InChI=1S/C17H24N2O5S/c1-12(2)19-25(22,23)15-9-5-6-13(10-15)17(21)24-11-16(20)18-14-7-3-4-8-14/h5-6,9-10,12,14,19H,3-4,7-8,11H2,1-2H3,(H,18,20). The fraction of sp³-hybridized carbons (Fsp3) is 0.529. The molecule has 0 bridgehead atoms. The lowest BCUT2D eigenvalue weighted by Gasteiger charge is -2.12. The second kappa shape index (κ2) is 8.44. The van der Waals surface area contributed by atoms with Crippen LogP contribution in [0.2, 0.25) is 0 Å². The zero-order valence-electron chi connectivity index (χ0n) is 14.4. The monoisotopic (exact) mass is 368 g/mol. The quantitative estimate of drug-likeness (QED) is 0.712. The third kappa shape index (κ3) is 5.82. The predicted molar refractivity (Wildman–Crippen MR) is 92.6 cm³/mol. The van der Waals surface area contributed by atoms with Gasteiger partial charge in [0.05, 0.1) is 10.5 Å². The maximum absolute atomic E-state index is 12.1. The van der Waals surface area contributed by atoms with Crippen molar-refractivity contribution in [1.29, 1.82) is 0 Å². The lowest BCUT2D eigenvalue weighted by atomic mass is 10.2. The van der Waals surface area contributed by atoms with E-state index >= 15 is 0 Å². The number of sulfonamides is 1. The molecule has 0 spiro atoms. The molecule has 0 heterocycles. The van der Waals surface area contributed by atoms with Crippen LogP contribution >= 0.6 is 0 Å². The zero-order valence-corrected chi connectivity index (χ0v) is 15.3. The largest absolute Gasteiger partial charge is 0.452 e. The summed E-state index contributed by atoms with van der Waals surface area (Å²) in [7, 11) is -3.70. The predicted octanol–water partition coefficient (Wildman–Crippen LogP) is 1.59. The van der Waals surface area contributed by atoms with Gasteiger partial charge in [0.15, 0.2) is 6.61 Å². The SMILES string of the molecule is CC(C)NS(=O)(=O)c1cccc(C(=O)OCC(=O)NC2CCCC2)c1. The van der Waals surface area contributed by atoms with E-state index < -0.39 is 16.0 Å². The molecule has 1 amide bonds. The minimum Gasteiger partial charge on any atom is -0.452 e. The van der Waals surface area contributed by atoms with Gasteiger partial charge in [-0.05, 0) is 44.9 Å². The first kappa shape index (κ1) is 19.4. The highest BCUT2D eigenvalue weighted by Gasteiger charge is 2.20. The van der Waals surface area contributed by atoms with Gasteiger partial charge in [0.25, 0.3) is 5.91 Å². The Bertz CT molecular complexity index is 724. The van der Waals surface area contributed by atoms with E-state index in [1.165, 1.54) is 24.3 Å². The van der Waals surface area contributed by atoms with Crippen LogP contribution in [0.1, 0.15) is 49.9 Å². The Labute approximate surface area is 148 Å². The third-order valence-corrected chi connectivity index (χ3v) is 5.48. The summed E-state index contributed by atoms with van der Waals surface area (Å²) in [4.78, 5) is 23.8. The smallest absolute Gasteiger partial charge is 0.338 e. The summed E-state index contributed by atoms with van der Waals surface area (Å²) >= 11 is 0.